The van der Waals surface area contributed by atoms with Gasteiger partial charge in [-0.25, -0.2) is 0 Å². The molecule has 6 atom stereocenters. The van der Waals surface area contributed by atoms with Gasteiger partial charge in [-0.15, -0.1) is 0 Å². The van der Waals surface area contributed by atoms with Crippen LogP contribution < -0.4 is 0 Å². The molecule has 3 nitrogen and oxygen atoms in total. The third kappa shape index (κ3) is 1.95. The summed E-state index contributed by atoms with van der Waals surface area (Å²) in [4.78, 5) is 12.4. The molecule has 3 heteroatoms. The van der Waals surface area contributed by atoms with Crippen LogP contribution in [0.3, 0.4) is 0 Å². The summed E-state index contributed by atoms with van der Waals surface area (Å²) in [5.74, 6) is 0.924. The van der Waals surface area contributed by atoms with E-state index >= 15 is 0 Å². The maximum Gasteiger partial charge on any atom is 0.310 e. The van der Waals surface area contributed by atoms with E-state index in [0.717, 1.165) is 38.7 Å². The molecule has 1 N–H and O–H groups in total. The molecule has 2 aliphatic heterocycles. The van der Waals surface area contributed by atoms with Gasteiger partial charge in [0.05, 0.1) is 17.6 Å². The largest absolute Gasteiger partial charge is 0.481 e. The van der Waals surface area contributed by atoms with Crippen molar-refractivity contribution in [3.05, 3.63) is 12.2 Å². The summed E-state index contributed by atoms with van der Waals surface area (Å²) in [5.41, 5.74) is -0.426. The number of aliphatic carboxylic acids is 1. The second-order valence-electron chi connectivity index (χ2n) is 9.23. The molecule has 5 aliphatic rings. The molecule has 1 spiro atoms. The molecule has 0 aromatic heterocycles. The Morgan fingerprint density at radius 1 is 1.22 bits per heavy atom. The van der Waals surface area contributed by atoms with Gasteiger partial charge in [-0.2, -0.15) is 0 Å². The van der Waals surface area contributed by atoms with Gasteiger partial charge in [-0.1, -0.05) is 26.0 Å². The van der Waals surface area contributed by atoms with Gasteiger partial charge in [-0.05, 0) is 69.1 Å². The van der Waals surface area contributed by atoms with Crippen LogP contribution in [-0.2, 0) is 9.53 Å². The minimum atomic E-state index is -0.534. The minimum absolute atomic E-state index is 0.121. The minimum Gasteiger partial charge on any atom is -0.481 e. The Morgan fingerprint density at radius 2 is 1.96 bits per heavy atom. The average Bonchev–Trinajstić information content (AvgIpc) is 2.76. The Bertz CT molecular complexity index is 541. The lowest BCUT2D eigenvalue weighted by atomic mass is 9.50. The van der Waals surface area contributed by atoms with Gasteiger partial charge < -0.3 is 9.84 Å². The molecule has 5 rings (SSSR count). The van der Waals surface area contributed by atoms with Crippen molar-refractivity contribution in [2.45, 2.75) is 64.9 Å². The van der Waals surface area contributed by atoms with E-state index in [-0.39, 0.29) is 11.0 Å². The lowest BCUT2D eigenvalue weighted by Crippen LogP contribution is -2.55. The van der Waals surface area contributed by atoms with E-state index in [1.54, 1.807) is 0 Å². The summed E-state index contributed by atoms with van der Waals surface area (Å²) < 4.78 is 6.23. The van der Waals surface area contributed by atoms with Gasteiger partial charge in [0.2, 0.25) is 0 Å². The Labute approximate surface area is 139 Å². The molecule has 1 saturated heterocycles. The first-order valence-electron chi connectivity index (χ1n) is 9.40. The summed E-state index contributed by atoms with van der Waals surface area (Å²) in [5, 5.41) is 10.2. The van der Waals surface area contributed by atoms with Crippen molar-refractivity contribution in [3.8, 4) is 0 Å². The van der Waals surface area contributed by atoms with Crippen LogP contribution in [0.1, 0.15) is 59.3 Å². The summed E-state index contributed by atoms with van der Waals surface area (Å²) in [6, 6.07) is 0. The zero-order chi connectivity index (χ0) is 16.5. The van der Waals surface area contributed by atoms with E-state index in [0.29, 0.717) is 23.7 Å². The molecular formula is C20H30O3. The van der Waals surface area contributed by atoms with Crippen molar-refractivity contribution < 1.29 is 14.6 Å². The van der Waals surface area contributed by atoms with Crippen LogP contribution in [0.15, 0.2) is 12.2 Å². The van der Waals surface area contributed by atoms with Crippen LogP contribution >= 0.6 is 0 Å². The first-order valence-corrected chi connectivity index (χ1v) is 9.40. The molecule has 23 heavy (non-hydrogen) atoms. The molecule has 2 saturated carbocycles. The zero-order valence-electron chi connectivity index (χ0n) is 14.7. The maximum atomic E-state index is 12.4. The van der Waals surface area contributed by atoms with Gasteiger partial charge in [0.1, 0.15) is 0 Å². The molecule has 128 valence electrons. The number of carbonyl (C=O) groups is 1. The number of hydrogen-bond donors (Lipinski definition) is 1. The second-order valence-corrected chi connectivity index (χ2v) is 9.23. The maximum absolute atomic E-state index is 12.4. The molecule has 0 amide bonds. The highest BCUT2D eigenvalue weighted by molar-refractivity contribution is 5.76. The van der Waals surface area contributed by atoms with E-state index < -0.39 is 11.4 Å². The Balaban J connectivity index is 1.78. The first-order chi connectivity index (χ1) is 10.8. The molecule has 0 unspecified atom stereocenters. The Hall–Kier alpha value is -0.830. The van der Waals surface area contributed by atoms with Gasteiger partial charge in [0, 0.05) is 5.41 Å². The fourth-order valence-corrected chi connectivity index (χ4v) is 6.61. The quantitative estimate of drug-likeness (QED) is 0.773. The van der Waals surface area contributed by atoms with E-state index in [2.05, 4.69) is 32.9 Å². The van der Waals surface area contributed by atoms with Crippen LogP contribution in [0.25, 0.3) is 0 Å². The number of fused-ring (bicyclic) bond motifs is 3. The van der Waals surface area contributed by atoms with Crippen LogP contribution in [0.4, 0.5) is 0 Å². The molecule has 2 bridgehead atoms. The lowest BCUT2D eigenvalue weighted by Gasteiger charge is -2.55. The smallest absolute Gasteiger partial charge is 0.310 e. The lowest BCUT2D eigenvalue weighted by molar-refractivity contribution is -0.176. The van der Waals surface area contributed by atoms with Crippen molar-refractivity contribution >= 4 is 5.97 Å². The molecule has 0 radical (unpaired) electrons. The van der Waals surface area contributed by atoms with Gasteiger partial charge in [-0.3, -0.25) is 4.79 Å². The molecular weight excluding hydrogens is 288 g/mol. The normalized spacial score (nSPS) is 51.4. The third-order valence-electron chi connectivity index (χ3n) is 7.96. The number of carboxylic acid groups (broad SMARTS) is 1. The summed E-state index contributed by atoms with van der Waals surface area (Å²) in [6.07, 6.45) is 10.9. The Morgan fingerprint density at radius 3 is 2.57 bits per heavy atom. The number of hydrogen-bond acceptors (Lipinski definition) is 2. The van der Waals surface area contributed by atoms with Crippen LogP contribution in [0.2, 0.25) is 0 Å². The monoisotopic (exact) mass is 318 g/mol. The molecule has 0 aromatic rings. The summed E-state index contributed by atoms with van der Waals surface area (Å²) in [7, 11) is 0. The van der Waals surface area contributed by atoms with Crippen LogP contribution in [-0.4, -0.2) is 23.3 Å². The van der Waals surface area contributed by atoms with Crippen molar-refractivity contribution in [2.24, 2.45) is 34.5 Å². The predicted molar refractivity (Wildman–Crippen MR) is 89.0 cm³/mol. The van der Waals surface area contributed by atoms with Crippen molar-refractivity contribution in [3.63, 3.8) is 0 Å². The van der Waals surface area contributed by atoms with Crippen molar-refractivity contribution in [1.82, 2.24) is 0 Å². The van der Waals surface area contributed by atoms with Crippen LogP contribution in [0, 0.1) is 34.5 Å². The number of ether oxygens (including phenoxy) is 1. The standard InChI is InChI=1S/C20H30O3/c1-13(2)14-4-5-16-15-6-7-18(3)8-9-19(15,12-23-18)10-11-20(14,16)17(21)22/h6-7,13-16H,4-5,8-12H2,1-3H3,(H,21,22)/t14-,15-,16+,18-,19-,20+/m1/s1. The van der Waals surface area contributed by atoms with Crippen LogP contribution in [0.5, 0.6) is 0 Å². The van der Waals surface area contributed by atoms with Crippen molar-refractivity contribution in [2.75, 3.05) is 6.61 Å². The SMILES string of the molecule is CC(C)[C@H]1CC[C@H]2[C@H]3C=C[C@]4(C)CC[C@@]3(CC[C@]12C(=O)O)CO4. The highest BCUT2D eigenvalue weighted by Crippen LogP contribution is 2.67. The highest BCUT2D eigenvalue weighted by atomic mass is 16.5. The molecule has 3 aliphatic carbocycles. The fraction of sp³-hybridized carbons (Fsp3) is 0.850. The average molecular weight is 318 g/mol. The van der Waals surface area contributed by atoms with Gasteiger partial charge in [0.15, 0.2) is 0 Å². The van der Waals surface area contributed by atoms with E-state index in [9.17, 15) is 9.90 Å². The highest BCUT2D eigenvalue weighted by Gasteiger charge is 2.65. The van der Waals surface area contributed by atoms with E-state index in [4.69, 9.17) is 4.74 Å². The van der Waals surface area contributed by atoms with E-state index in [1.165, 1.54) is 6.42 Å². The zero-order valence-corrected chi connectivity index (χ0v) is 14.7. The predicted octanol–water partition coefficient (Wildman–Crippen LogP) is 4.27. The second kappa shape index (κ2) is 4.84. The number of rotatable bonds is 2. The number of allylic oxidation sites excluding steroid dienone is 1. The molecule has 3 fully saturated rings. The topological polar surface area (TPSA) is 46.5 Å². The van der Waals surface area contributed by atoms with Crippen molar-refractivity contribution in [1.29, 1.82) is 0 Å². The molecule has 0 aromatic carbocycles. The van der Waals surface area contributed by atoms with E-state index in [1.807, 2.05) is 0 Å². The Kier molecular flexibility index (Phi) is 3.30. The number of carboxylic acids is 1. The first kappa shape index (κ1) is 15.7. The van der Waals surface area contributed by atoms with Gasteiger partial charge >= 0.3 is 5.97 Å². The summed E-state index contributed by atoms with van der Waals surface area (Å²) in [6.45, 7) is 7.42. The summed E-state index contributed by atoms with van der Waals surface area (Å²) >= 11 is 0. The van der Waals surface area contributed by atoms with Gasteiger partial charge in [0.25, 0.3) is 0 Å². The molecule has 2 heterocycles. The third-order valence-corrected chi connectivity index (χ3v) is 7.96. The fourth-order valence-electron chi connectivity index (χ4n) is 6.61.